The maximum absolute atomic E-state index is 11.6. The van der Waals surface area contributed by atoms with Gasteiger partial charge in [-0.1, -0.05) is 0 Å². The molecular weight excluding hydrogens is 112 g/mol. The second-order valence-electron chi connectivity index (χ2n) is 1.41. The zero-order valence-electron chi connectivity index (χ0n) is 4.09. The summed E-state index contributed by atoms with van der Waals surface area (Å²) in [5.41, 5.74) is 0. The zero-order chi connectivity index (χ0) is 5.98. The number of nitrogens with zero attached hydrogens (tertiary/aromatic N) is 1. The number of aromatic nitrogens is 1. The molecule has 0 bridgehead atoms. The van der Waals surface area contributed by atoms with E-state index in [0.29, 0.717) is 0 Å². The Morgan fingerprint density at radius 1 is 1.12 bits per heavy atom. The summed E-state index contributed by atoms with van der Waals surface area (Å²) < 4.78 is 24.0. The predicted octanol–water partition coefficient (Wildman–Crippen LogP) is 1.88. The third-order valence-corrected chi connectivity index (χ3v) is 0.853. The Labute approximate surface area is 45.5 Å². The van der Waals surface area contributed by atoms with Crippen LogP contribution in [0, 0.1) is 0 Å². The summed E-state index contributed by atoms with van der Waals surface area (Å²) in [6, 6.07) is 3.12. The topological polar surface area (TPSA) is 4.93 Å². The average Bonchev–Trinajstić information content (AvgIpc) is 2.12. The van der Waals surface area contributed by atoms with Gasteiger partial charge in [-0.25, -0.2) is 0 Å². The molecule has 44 valence electrons. The van der Waals surface area contributed by atoms with Crippen LogP contribution in [0.15, 0.2) is 24.5 Å². The summed E-state index contributed by atoms with van der Waals surface area (Å²) >= 11 is 0. The molecule has 0 saturated heterocycles. The Morgan fingerprint density at radius 3 is 1.88 bits per heavy atom. The normalized spacial score (nSPS) is 10.4. The lowest BCUT2D eigenvalue weighted by Gasteiger charge is -1.95. The standard InChI is InChI=1S/C5H5F2N/c6-5(7)8-3-1-2-4-8/h1-5H. The van der Waals surface area contributed by atoms with Crippen molar-refractivity contribution < 1.29 is 8.78 Å². The molecule has 0 unspecified atom stereocenters. The first kappa shape index (κ1) is 5.28. The molecule has 0 amide bonds. The highest BCUT2D eigenvalue weighted by Gasteiger charge is 1.99. The third kappa shape index (κ3) is 0.857. The molecular formula is C5H5F2N. The minimum absolute atomic E-state index is 0.833. The van der Waals surface area contributed by atoms with E-state index in [-0.39, 0.29) is 0 Å². The van der Waals surface area contributed by atoms with Gasteiger partial charge in [0, 0.05) is 12.4 Å². The molecule has 1 aromatic rings. The van der Waals surface area contributed by atoms with Gasteiger partial charge in [0.05, 0.1) is 0 Å². The van der Waals surface area contributed by atoms with Crippen LogP contribution in [0.1, 0.15) is 6.55 Å². The molecule has 1 aromatic heterocycles. The molecule has 1 heterocycles. The Bertz CT molecular complexity index is 145. The highest BCUT2D eigenvalue weighted by molar-refractivity contribution is 4.90. The SMILES string of the molecule is FC(F)n1cccc1. The molecule has 0 aliphatic carbocycles. The molecule has 0 radical (unpaired) electrons. The highest BCUT2D eigenvalue weighted by Crippen LogP contribution is 2.07. The predicted molar refractivity (Wildman–Crippen MR) is 25.7 cm³/mol. The summed E-state index contributed by atoms with van der Waals surface area (Å²) in [7, 11) is 0. The van der Waals surface area contributed by atoms with Crippen molar-refractivity contribution >= 4 is 0 Å². The molecule has 0 aromatic carbocycles. The summed E-state index contributed by atoms with van der Waals surface area (Å²) in [6.07, 6.45) is 2.65. The molecule has 0 aliphatic heterocycles. The average molecular weight is 117 g/mol. The van der Waals surface area contributed by atoms with Gasteiger partial charge >= 0.3 is 6.55 Å². The van der Waals surface area contributed by atoms with Crippen LogP contribution in [0.3, 0.4) is 0 Å². The van der Waals surface area contributed by atoms with Gasteiger partial charge in [0.2, 0.25) is 0 Å². The van der Waals surface area contributed by atoms with Gasteiger partial charge in [0.15, 0.2) is 0 Å². The molecule has 0 saturated carbocycles. The van der Waals surface area contributed by atoms with E-state index < -0.39 is 6.55 Å². The van der Waals surface area contributed by atoms with Gasteiger partial charge in [-0.3, -0.25) is 4.57 Å². The van der Waals surface area contributed by atoms with Crippen LogP contribution in [-0.4, -0.2) is 4.57 Å². The molecule has 3 heteroatoms. The fourth-order valence-electron chi connectivity index (χ4n) is 0.478. The van der Waals surface area contributed by atoms with Crippen LogP contribution in [0.5, 0.6) is 0 Å². The Morgan fingerprint density at radius 2 is 1.62 bits per heavy atom. The summed E-state index contributed by atoms with van der Waals surface area (Å²) in [5, 5.41) is 0. The van der Waals surface area contributed by atoms with E-state index in [1.165, 1.54) is 12.4 Å². The molecule has 0 aliphatic rings. The summed E-state index contributed by atoms with van der Waals surface area (Å²) in [6.45, 7) is -2.40. The van der Waals surface area contributed by atoms with Crippen LogP contribution in [0.25, 0.3) is 0 Å². The van der Waals surface area contributed by atoms with Crippen molar-refractivity contribution in [3.05, 3.63) is 24.5 Å². The van der Waals surface area contributed by atoms with Crippen LogP contribution < -0.4 is 0 Å². The zero-order valence-corrected chi connectivity index (χ0v) is 4.09. The van der Waals surface area contributed by atoms with Gasteiger partial charge < -0.3 is 0 Å². The van der Waals surface area contributed by atoms with Crippen molar-refractivity contribution in [2.24, 2.45) is 0 Å². The smallest absolute Gasteiger partial charge is 0.298 e. The number of hydrogen-bond acceptors (Lipinski definition) is 0. The van der Waals surface area contributed by atoms with E-state index in [2.05, 4.69) is 0 Å². The Kier molecular flexibility index (Phi) is 1.28. The molecule has 0 spiro atoms. The number of hydrogen-bond donors (Lipinski definition) is 0. The van der Waals surface area contributed by atoms with Gasteiger partial charge in [0.1, 0.15) is 0 Å². The van der Waals surface area contributed by atoms with Crippen molar-refractivity contribution in [1.82, 2.24) is 4.57 Å². The molecule has 1 nitrogen and oxygen atoms in total. The van der Waals surface area contributed by atoms with E-state index in [4.69, 9.17) is 0 Å². The fraction of sp³-hybridized carbons (Fsp3) is 0.200. The van der Waals surface area contributed by atoms with Gasteiger partial charge in [-0.2, -0.15) is 8.78 Å². The molecule has 1 rings (SSSR count). The van der Waals surface area contributed by atoms with Crippen molar-refractivity contribution in [2.75, 3.05) is 0 Å². The highest BCUT2D eigenvalue weighted by atomic mass is 19.3. The molecule has 8 heavy (non-hydrogen) atoms. The first-order valence-electron chi connectivity index (χ1n) is 2.21. The van der Waals surface area contributed by atoms with E-state index in [0.717, 1.165) is 4.57 Å². The maximum Gasteiger partial charge on any atom is 0.318 e. The monoisotopic (exact) mass is 117 g/mol. The van der Waals surface area contributed by atoms with Crippen LogP contribution in [-0.2, 0) is 0 Å². The summed E-state index contributed by atoms with van der Waals surface area (Å²) in [4.78, 5) is 0. The second-order valence-corrected chi connectivity index (χ2v) is 1.41. The molecule has 0 atom stereocenters. The first-order valence-corrected chi connectivity index (χ1v) is 2.21. The minimum Gasteiger partial charge on any atom is -0.298 e. The lowest BCUT2D eigenvalue weighted by molar-refractivity contribution is 0.0707. The lowest BCUT2D eigenvalue weighted by Crippen LogP contribution is -1.91. The Balaban J connectivity index is 2.77. The van der Waals surface area contributed by atoms with E-state index >= 15 is 0 Å². The van der Waals surface area contributed by atoms with E-state index in [9.17, 15) is 8.78 Å². The quantitative estimate of drug-likeness (QED) is 0.529. The first-order chi connectivity index (χ1) is 3.80. The van der Waals surface area contributed by atoms with Crippen LogP contribution in [0.4, 0.5) is 8.78 Å². The van der Waals surface area contributed by atoms with Crippen molar-refractivity contribution in [3.8, 4) is 0 Å². The largest absolute Gasteiger partial charge is 0.318 e. The maximum atomic E-state index is 11.6. The van der Waals surface area contributed by atoms with Crippen LogP contribution in [0.2, 0.25) is 0 Å². The van der Waals surface area contributed by atoms with Crippen molar-refractivity contribution in [2.45, 2.75) is 6.55 Å². The van der Waals surface area contributed by atoms with E-state index in [1.54, 1.807) is 12.1 Å². The number of alkyl halides is 2. The lowest BCUT2D eigenvalue weighted by atomic mass is 10.7. The van der Waals surface area contributed by atoms with Crippen LogP contribution >= 0.6 is 0 Å². The van der Waals surface area contributed by atoms with E-state index in [1.807, 2.05) is 0 Å². The van der Waals surface area contributed by atoms with Gasteiger partial charge in [-0.15, -0.1) is 0 Å². The summed E-state index contributed by atoms with van der Waals surface area (Å²) in [5.74, 6) is 0. The minimum atomic E-state index is -2.40. The molecule has 0 fully saturated rings. The number of halogens is 2. The third-order valence-electron chi connectivity index (χ3n) is 0.853. The van der Waals surface area contributed by atoms with Crippen molar-refractivity contribution in [3.63, 3.8) is 0 Å². The van der Waals surface area contributed by atoms with Gasteiger partial charge in [-0.05, 0) is 12.1 Å². The van der Waals surface area contributed by atoms with Crippen molar-refractivity contribution in [1.29, 1.82) is 0 Å². The fourth-order valence-corrected chi connectivity index (χ4v) is 0.478. The molecule has 0 N–H and O–H groups in total. The Hall–Kier alpha value is -0.860. The number of rotatable bonds is 1. The second kappa shape index (κ2) is 1.94. The van der Waals surface area contributed by atoms with Gasteiger partial charge in [0.25, 0.3) is 0 Å².